The van der Waals surface area contributed by atoms with Gasteiger partial charge in [-0.15, -0.1) is 0 Å². The molecule has 0 spiro atoms. The van der Waals surface area contributed by atoms with Gasteiger partial charge in [-0.3, -0.25) is 0 Å². The van der Waals surface area contributed by atoms with Gasteiger partial charge in [-0.1, -0.05) is 6.42 Å². The predicted molar refractivity (Wildman–Crippen MR) is 79.0 cm³/mol. The van der Waals surface area contributed by atoms with Gasteiger partial charge >= 0.3 is 0 Å². The number of nitrogens with one attached hydrogen (secondary N) is 1. The summed E-state index contributed by atoms with van der Waals surface area (Å²) in [7, 11) is 0. The molecule has 18 heavy (non-hydrogen) atoms. The van der Waals surface area contributed by atoms with Gasteiger partial charge in [0.1, 0.15) is 0 Å². The van der Waals surface area contributed by atoms with Crippen LogP contribution in [0.1, 0.15) is 31.7 Å². The van der Waals surface area contributed by atoms with Crippen LogP contribution in [0.2, 0.25) is 0 Å². The Hall–Kier alpha value is -1.22. The summed E-state index contributed by atoms with van der Waals surface area (Å²) in [5, 5.41) is 3.59. The van der Waals surface area contributed by atoms with Crippen LogP contribution in [0.3, 0.4) is 0 Å². The van der Waals surface area contributed by atoms with Crippen molar-refractivity contribution in [2.24, 2.45) is 0 Å². The van der Waals surface area contributed by atoms with Crippen LogP contribution in [-0.2, 0) is 0 Å². The summed E-state index contributed by atoms with van der Waals surface area (Å²) in [5.74, 6) is 0. The van der Waals surface area contributed by atoms with E-state index in [0.29, 0.717) is 6.04 Å². The first-order chi connectivity index (χ1) is 8.65. The highest BCUT2D eigenvalue weighted by Gasteiger charge is 2.13. The Morgan fingerprint density at radius 3 is 2.67 bits per heavy atom. The molecule has 0 radical (unpaired) electrons. The molecule has 1 fully saturated rings. The van der Waals surface area contributed by atoms with E-state index in [1.54, 1.807) is 0 Å². The van der Waals surface area contributed by atoms with Crippen molar-refractivity contribution in [2.75, 3.05) is 30.7 Å². The zero-order valence-corrected chi connectivity index (χ0v) is 11.6. The number of likely N-dealkylation sites (tertiary alicyclic amines) is 1. The summed E-state index contributed by atoms with van der Waals surface area (Å²) in [5.41, 5.74) is 9.03. The summed E-state index contributed by atoms with van der Waals surface area (Å²) >= 11 is 0. The van der Waals surface area contributed by atoms with Crippen molar-refractivity contribution in [1.82, 2.24) is 4.90 Å². The van der Waals surface area contributed by atoms with E-state index in [4.69, 9.17) is 5.73 Å². The molecule has 1 aromatic rings. The van der Waals surface area contributed by atoms with Crippen molar-refractivity contribution in [3.05, 3.63) is 23.8 Å². The van der Waals surface area contributed by atoms with Gasteiger partial charge in [-0.25, -0.2) is 0 Å². The second-order valence-corrected chi connectivity index (χ2v) is 5.48. The maximum Gasteiger partial charge on any atom is 0.0373 e. The van der Waals surface area contributed by atoms with Crippen molar-refractivity contribution >= 4 is 11.4 Å². The number of benzene rings is 1. The number of anilines is 2. The van der Waals surface area contributed by atoms with Crippen LogP contribution in [0.15, 0.2) is 18.2 Å². The van der Waals surface area contributed by atoms with E-state index in [1.807, 2.05) is 12.1 Å². The molecule has 100 valence electrons. The van der Waals surface area contributed by atoms with E-state index < -0.39 is 0 Å². The number of nitrogens with two attached hydrogens (primary N) is 1. The monoisotopic (exact) mass is 247 g/mol. The second-order valence-electron chi connectivity index (χ2n) is 5.48. The minimum absolute atomic E-state index is 0.477. The van der Waals surface area contributed by atoms with Crippen LogP contribution in [0.5, 0.6) is 0 Å². The zero-order chi connectivity index (χ0) is 13.0. The Kier molecular flexibility index (Phi) is 4.48. The third-order valence-electron chi connectivity index (χ3n) is 3.63. The molecule has 0 aliphatic carbocycles. The van der Waals surface area contributed by atoms with E-state index in [1.165, 1.54) is 43.6 Å². The largest absolute Gasteiger partial charge is 0.399 e. The topological polar surface area (TPSA) is 41.3 Å². The summed E-state index contributed by atoms with van der Waals surface area (Å²) in [6.07, 6.45) is 4.11. The smallest absolute Gasteiger partial charge is 0.0373 e. The van der Waals surface area contributed by atoms with Gasteiger partial charge in [0.15, 0.2) is 0 Å². The normalized spacial score (nSPS) is 18.6. The lowest BCUT2D eigenvalue weighted by Gasteiger charge is -2.30. The summed E-state index contributed by atoms with van der Waals surface area (Å²) in [6.45, 7) is 8.00. The van der Waals surface area contributed by atoms with E-state index in [2.05, 4.69) is 30.1 Å². The lowest BCUT2D eigenvalue weighted by atomic mass is 10.1. The molecule has 1 atom stereocenters. The van der Waals surface area contributed by atoms with E-state index >= 15 is 0 Å². The molecule has 0 bridgehead atoms. The Labute approximate surface area is 110 Å². The summed E-state index contributed by atoms with van der Waals surface area (Å²) in [4.78, 5) is 2.56. The molecule has 3 heteroatoms. The number of hydrogen-bond acceptors (Lipinski definition) is 3. The van der Waals surface area contributed by atoms with Crippen LogP contribution in [0, 0.1) is 6.92 Å². The number of hydrogen-bond donors (Lipinski definition) is 2. The zero-order valence-electron chi connectivity index (χ0n) is 11.6. The minimum Gasteiger partial charge on any atom is -0.399 e. The molecule has 1 unspecified atom stereocenters. The number of nitrogens with zero attached hydrogens (tertiary/aromatic N) is 1. The van der Waals surface area contributed by atoms with Gasteiger partial charge in [-0.2, -0.15) is 0 Å². The quantitative estimate of drug-likeness (QED) is 0.804. The molecule has 0 aromatic heterocycles. The van der Waals surface area contributed by atoms with E-state index in [0.717, 1.165) is 12.2 Å². The van der Waals surface area contributed by atoms with Gasteiger partial charge in [0.2, 0.25) is 0 Å². The van der Waals surface area contributed by atoms with Crippen molar-refractivity contribution in [3.8, 4) is 0 Å². The van der Waals surface area contributed by atoms with Gasteiger partial charge < -0.3 is 16.0 Å². The fourth-order valence-corrected chi connectivity index (χ4v) is 2.69. The molecule has 1 aliphatic heterocycles. The number of rotatable bonds is 4. The number of piperidine rings is 1. The fourth-order valence-electron chi connectivity index (χ4n) is 2.69. The summed E-state index contributed by atoms with van der Waals surface area (Å²) in [6, 6.07) is 6.54. The van der Waals surface area contributed by atoms with Crippen molar-refractivity contribution in [1.29, 1.82) is 0 Å². The second kappa shape index (κ2) is 6.10. The Morgan fingerprint density at radius 2 is 2.00 bits per heavy atom. The Morgan fingerprint density at radius 1 is 1.28 bits per heavy atom. The SMILES string of the molecule is Cc1cc(N)ccc1NC(C)CN1CCCCC1. The van der Waals surface area contributed by atoms with Gasteiger partial charge in [0.25, 0.3) is 0 Å². The molecule has 1 aliphatic rings. The third-order valence-corrected chi connectivity index (χ3v) is 3.63. The standard InChI is InChI=1S/C15H25N3/c1-12-10-14(16)6-7-15(12)17-13(2)11-18-8-4-3-5-9-18/h6-7,10,13,17H,3-5,8-9,11,16H2,1-2H3. The van der Waals surface area contributed by atoms with Crippen molar-refractivity contribution in [3.63, 3.8) is 0 Å². The molecule has 1 saturated heterocycles. The fraction of sp³-hybridized carbons (Fsp3) is 0.600. The molecule has 1 heterocycles. The number of aryl methyl sites for hydroxylation is 1. The Balaban J connectivity index is 1.87. The maximum absolute atomic E-state index is 5.77. The maximum atomic E-state index is 5.77. The minimum atomic E-state index is 0.477. The summed E-state index contributed by atoms with van der Waals surface area (Å²) < 4.78 is 0. The van der Waals surface area contributed by atoms with Gasteiger partial charge in [-0.05, 0) is 63.5 Å². The highest BCUT2D eigenvalue weighted by Crippen LogP contribution is 2.19. The van der Waals surface area contributed by atoms with Crippen LogP contribution in [-0.4, -0.2) is 30.6 Å². The van der Waals surface area contributed by atoms with E-state index in [-0.39, 0.29) is 0 Å². The highest BCUT2D eigenvalue weighted by molar-refractivity contribution is 5.57. The van der Waals surface area contributed by atoms with Gasteiger partial charge in [0.05, 0.1) is 0 Å². The molecule has 1 aromatic carbocycles. The van der Waals surface area contributed by atoms with Crippen molar-refractivity contribution in [2.45, 2.75) is 39.2 Å². The first-order valence-electron chi connectivity index (χ1n) is 7.00. The molecule has 2 rings (SSSR count). The predicted octanol–water partition coefficient (Wildman–Crippen LogP) is 2.86. The lowest BCUT2D eigenvalue weighted by Crippen LogP contribution is -2.38. The first kappa shape index (κ1) is 13.2. The molecular formula is C15H25N3. The Bertz CT molecular complexity index is 383. The van der Waals surface area contributed by atoms with Crippen LogP contribution in [0.25, 0.3) is 0 Å². The third kappa shape index (κ3) is 3.64. The molecular weight excluding hydrogens is 222 g/mol. The lowest BCUT2D eigenvalue weighted by molar-refractivity contribution is 0.223. The van der Waals surface area contributed by atoms with Crippen LogP contribution >= 0.6 is 0 Å². The van der Waals surface area contributed by atoms with Crippen molar-refractivity contribution < 1.29 is 0 Å². The van der Waals surface area contributed by atoms with Gasteiger partial charge in [0, 0.05) is 24.0 Å². The molecule has 3 N–H and O–H groups in total. The number of nitrogen functional groups attached to an aromatic ring is 1. The first-order valence-corrected chi connectivity index (χ1v) is 7.00. The molecule has 3 nitrogen and oxygen atoms in total. The van der Waals surface area contributed by atoms with Crippen LogP contribution in [0.4, 0.5) is 11.4 Å². The molecule has 0 saturated carbocycles. The molecule has 0 amide bonds. The average molecular weight is 247 g/mol. The average Bonchev–Trinajstić information content (AvgIpc) is 2.34. The highest BCUT2D eigenvalue weighted by atomic mass is 15.1. The van der Waals surface area contributed by atoms with Crippen LogP contribution < -0.4 is 11.1 Å². The van der Waals surface area contributed by atoms with E-state index in [9.17, 15) is 0 Å².